The van der Waals surface area contributed by atoms with Crippen LogP contribution < -0.4 is 5.43 Å². The third kappa shape index (κ3) is 3.26. The predicted molar refractivity (Wildman–Crippen MR) is 82.2 cm³/mol. The van der Waals surface area contributed by atoms with Crippen molar-refractivity contribution in [2.75, 3.05) is 0 Å². The second-order valence-corrected chi connectivity index (χ2v) is 5.35. The normalized spacial score (nSPS) is 11.0. The monoisotopic (exact) mass is 354 g/mol. The van der Waals surface area contributed by atoms with E-state index >= 15 is 0 Å². The third-order valence-electron chi connectivity index (χ3n) is 2.61. The van der Waals surface area contributed by atoms with Gasteiger partial charge < -0.3 is 0 Å². The van der Waals surface area contributed by atoms with Crippen LogP contribution >= 0.6 is 27.5 Å². The second kappa shape index (κ2) is 6.19. The molecule has 0 bridgehead atoms. The van der Waals surface area contributed by atoms with Gasteiger partial charge in [0, 0.05) is 12.1 Å². The van der Waals surface area contributed by atoms with Crippen LogP contribution in [0.4, 0.5) is 0 Å². The molecule has 1 amide bonds. The number of nitrogens with one attached hydrogen (secondary N) is 1. The molecule has 0 unspecified atom stereocenters. The third-order valence-corrected chi connectivity index (χ3v) is 3.82. The molecule has 0 saturated carbocycles. The SMILES string of the molecule is Cc1nn(C)c(C(=O)NN=Cc2ccc(Cl)cc2)c1Br. The Morgan fingerprint density at radius 2 is 2.10 bits per heavy atom. The van der Waals surface area contributed by atoms with E-state index in [0.29, 0.717) is 15.2 Å². The molecule has 2 aromatic rings. The molecular weight excluding hydrogens is 344 g/mol. The molecule has 0 aliphatic rings. The van der Waals surface area contributed by atoms with E-state index < -0.39 is 0 Å². The average molecular weight is 356 g/mol. The molecule has 0 spiro atoms. The number of benzene rings is 1. The highest BCUT2D eigenvalue weighted by molar-refractivity contribution is 9.10. The van der Waals surface area contributed by atoms with E-state index in [1.807, 2.05) is 19.1 Å². The summed E-state index contributed by atoms with van der Waals surface area (Å²) in [5, 5.41) is 8.71. The van der Waals surface area contributed by atoms with Crippen molar-refractivity contribution in [3.8, 4) is 0 Å². The molecule has 0 aliphatic carbocycles. The highest BCUT2D eigenvalue weighted by Crippen LogP contribution is 2.19. The van der Waals surface area contributed by atoms with Crippen molar-refractivity contribution >= 4 is 39.7 Å². The number of hydrogen-bond donors (Lipinski definition) is 1. The Kier molecular flexibility index (Phi) is 4.57. The summed E-state index contributed by atoms with van der Waals surface area (Å²) in [4.78, 5) is 12.0. The van der Waals surface area contributed by atoms with Crippen LogP contribution in [0.5, 0.6) is 0 Å². The largest absolute Gasteiger partial charge is 0.290 e. The summed E-state index contributed by atoms with van der Waals surface area (Å²) in [5.41, 5.74) is 4.48. The molecule has 1 heterocycles. The molecule has 1 N–H and O–H groups in total. The maximum atomic E-state index is 12.0. The van der Waals surface area contributed by atoms with Gasteiger partial charge in [0.15, 0.2) is 0 Å². The molecule has 0 saturated heterocycles. The molecule has 20 heavy (non-hydrogen) atoms. The molecule has 7 heteroatoms. The molecule has 104 valence electrons. The Morgan fingerprint density at radius 3 is 2.65 bits per heavy atom. The number of carbonyl (C=O) groups excluding carboxylic acids is 1. The molecule has 0 radical (unpaired) electrons. The molecular formula is C13H12BrClN4O. The summed E-state index contributed by atoms with van der Waals surface area (Å²) in [6.07, 6.45) is 1.55. The minimum Gasteiger partial charge on any atom is -0.266 e. The van der Waals surface area contributed by atoms with Crippen molar-refractivity contribution in [2.24, 2.45) is 12.1 Å². The molecule has 0 atom stereocenters. The zero-order chi connectivity index (χ0) is 14.7. The van der Waals surface area contributed by atoms with E-state index in [2.05, 4.69) is 31.6 Å². The van der Waals surface area contributed by atoms with Gasteiger partial charge in [-0.2, -0.15) is 10.2 Å². The van der Waals surface area contributed by atoms with Gasteiger partial charge in [0.1, 0.15) is 5.69 Å². The smallest absolute Gasteiger partial charge is 0.266 e. The second-order valence-electron chi connectivity index (χ2n) is 4.12. The lowest BCUT2D eigenvalue weighted by Crippen LogP contribution is -2.21. The lowest BCUT2D eigenvalue weighted by atomic mass is 10.2. The lowest BCUT2D eigenvalue weighted by molar-refractivity contribution is 0.0945. The highest BCUT2D eigenvalue weighted by atomic mass is 79.9. The average Bonchev–Trinajstić information content (AvgIpc) is 2.65. The van der Waals surface area contributed by atoms with Crippen LogP contribution in [0, 0.1) is 6.92 Å². The van der Waals surface area contributed by atoms with Crippen LogP contribution in [-0.2, 0) is 7.05 Å². The first-order valence-corrected chi connectivity index (χ1v) is 6.94. The van der Waals surface area contributed by atoms with Gasteiger partial charge in [0.05, 0.1) is 16.4 Å². The van der Waals surface area contributed by atoms with Crippen LogP contribution in [0.2, 0.25) is 5.02 Å². The van der Waals surface area contributed by atoms with Gasteiger partial charge in [-0.1, -0.05) is 23.7 Å². The minimum absolute atomic E-state index is 0.329. The molecule has 1 aromatic carbocycles. The lowest BCUT2D eigenvalue weighted by Gasteiger charge is -2.01. The van der Waals surface area contributed by atoms with E-state index in [-0.39, 0.29) is 5.91 Å². The fraction of sp³-hybridized carbons (Fsp3) is 0.154. The number of carbonyl (C=O) groups is 1. The van der Waals surface area contributed by atoms with Crippen LogP contribution in [0.1, 0.15) is 21.7 Å². The number of aromatic nitrogens is 2. The van der Waals surface area contributed by atoms with E-state index in [9.17, 15) is 4.79 Å². The number of hydrazone groups is 1. The van der Waals surface area contributed by atoms with Gasteiger partial charge in [-0.15, -0.1) is 0 Å². The summed E-state index contributed by atoms with van der Waals surface area (Å²) in [7, 11) is 1.70. The van der Waals surface area contributed by atoms with Crippen molar-refractivity contribution in [1.82, 2.24) is 15.2 Å². The van der Waals surface area contributed by atoms with Gasteiger partial charge in [-0.3, -0.25) is 9.48 Å². The Morgan fingerprint density at radius 1 is 1.45 bits per heavy atom. The summed E-state index contributed by atoms with van der Waals surface area (Å²) in [6.45, 7) is 1.82. The summed E-state index contributed by atoms with van der Waals surface area (Å²) >= 11 is 9.12. The van der Waals surface area contributed by atoms with E-state index in [1.165, 1.54) is 4.68 Å². The fourth-order valence-electron chi connectivity index (χ4n) is 1.65. The van der Waals surface area contributed by atoms with Crippen LogP contribution in [-0.4, -0.2) is 21.9 Å². The Balaban J connectivity index is 2.07. The number of hydrogen-bond acceptors (Lipinski definition) is 3. The van der Waals surface area contributed by atoms with Crippen molar-refractivity contribution in [2.45, 2.75) is 6.92 Å². The highest BCUT2D eigenvalue weighted by Gasteiger charge is 2.17. The Labute approximate surface area is 129 Å². The van der Waals surface area contributed by atoms with E-state index in [0.717, 1.165) is 11.3 Å². The van der Waals surface area contributed by atoms with Gasteiger partial charge in [-0.05, 0) is 40.5 Å². The summed E-state index contributed by atoms with van der Waals surface area (Å²) in [5.74, 6) is -0.329. The van der Waals surface area contributed by atoms with Gasteiger partial charge in [0.2, 0.25) is 0 Å². The number of rotatable bonds is 3. The quantitative estimate of drug-likeness (QED) is 0.680. The van der Waals surface area contributed by atoms with Crippen molar-refractivity contribution in [3.05, 3.63) is 50.7 Å². The summed E-state index contributed by atoms with van der Waals surface area (Å²) < 4.78 is 2.17. The number of halogens is 2. The molecule has 1 aromatic heterocycles. The van der Waals surface area contributed by atoms with Gasteiger partial charge in [0.25, 0.3) is 5.91 Å². The Hall–Kier alpha value is -1.66. The van der Waals surface area contributed by atoms with Crippen LogP contribution in [0.25, 0.3) is 0 Å². The minimum atomic E-state index is -0.329. The molecule has 2 rings (SSSR count). The zero-order valence-electron chi connectivity index (χ0n) is 10.9. The number of nitrogens with zero attached hydrogens (tertiary/aromatic N) is 3. The van der Waals surface area contributed by atoms with Gasteiger partial charge >= 0.3 is 0 Å². The van der Waals surface area contributed by atoms with E-state index in [1.54, 1.807) is 25.4 Å². The Bertz CT molecular complexity index is 664. The maximum Gasteiger partial charge on any atom is 0.290 e. The number of aryl methyl sites for hydroxylation is 2. The molecule has 0 aliphatic heterocycles. The first-order valence-electron chi connectivity index (χ1n) is 5.77. The standard InChI is InChI=1S/C13H12BrClN4O/c1-8-11(14)12(19(2)18-8)13(20)17-16-7-9-3-5-10(15)6-4-9/h3-7H,1-2H3,(H,17,20). The molecule has 0 fully saturated rings. The fourth-order valence-corrected chi connectivity index (χ4v) is 2.29. The first-order chi connectivity index (χ1) is 9.49. The number of amides is 1. The molecule has 5 nitrogen and oxygen atoms in total. The van der Waals surface area contributed by atoms with Crippen molar-refractivity contribution in [3.63, 3.8) is 0 Å². The van der Waals surface area contributed by atoms with E-state index in [4.69, 9.17) is 11.6 Å². The predicted octanol–water partition coefficient (Wildman–Crippen LogP) is 2.91. The van der Waals surface area contributed by atoms with Gasteiger partial charge in [-0.25, -0.2) is 5.43 Å². The summed E-state index contributed by atoms with van der Waals surface area (Å²) in [6, 6.07) is 7.13. The van der Waals surface area contributed by atoms with Crippen molar-refractivity contribution < 1.29 is 4.79 Å². The zero-order valence-corrected chi connectivity index (χ0v) is 13.2. The maximum absolute atomic E-state index is 12.0. The topological polar surface area (TPSA) is 59.3 Å². The van der Waals surface area contributed by atoms with Crippen molar-refractivity contribution in [1.29, 1.82) is 0 Å². The van der Waals surface area contributed by atoms with Crippen LogP contribution in [0.3, 0.4) is 0 Å². The van der Waals surface area contributed by atoms with Crippen LogP contribution in [0.15, 0.2) is 33.8 Å². The first kappa shape index (κ1) is 14.7.